The molecule has 0 aromatic carbocycles. The molecular weight excluding hydrogens is 214 g/mol. The van der Waals surface area contributed by atoms with Crippen LogP contribution in [0.15, 0.2) is 12.5 Å². The zero-order chi connectivity index (χ0) is 12.1. The summed E-state index contributed by atoms with van der Waals surface area (Å²) in [6.45, 7) is -0.730. The topological polar surface area (TPSA) is 104 Å². The minimum atomic E-state index is -1.16. The predicted molar refractivity (Wildman–Crippen MR) is 53.6 cm³/mol. The van der Waals surface area contributed by atoms with Gasteiger partial charge in [-0.15, -0.1) is 0 Å². The van der Waals surface area contributed by atoms with Gasteiger partial charge in [0.1, 0.15) is 12.6 Å². The molecule has 0 aliphatic rings. The highest BCUT2D eigenvalue weighted by molar-refractivity contribution is 5.84. The third-order valence-electron chi connectivity index (χ3n) is 1.95. The van der Waals surface area contributed by atoms with Crippen molar-refractivity contribution in [1.82, 2.24) is 14.9 Å². The van der Waals surface area contributed by atoms with Gasteiger partial charge in [0.2, 0.25) is 5.91 Å². The van der Waals surface area contributed by atoms with Gasteiger partial charge in [0.05, 0.1) is 12.0 Å². The Bertz CT molecular complexity index is 388. The molecule has 0 spiro atoms. The zero-order valence-electron chi connectivity index (χ0n) is 8.75. The van der Waals surface area contributed by atoms with Crippen LogP contribution in [0, 0.1) is 0 Å². The van der Waals surface area contributed by atoms with Crippen LogP contribution in [-0.2, 0) is 23.1 Å². The minimum Gasteiger partial charge on any atom is -0.480 e. The van der Waals surface area contributed by atoms with Crippen LogP contribution < -0.4 is 5.32 Å². The summed E-state index contributed by atoms with van der Waals surface area (Å²) in [5, 5.41) is 19.6. The maximum absolute atomic E-state index is 10.9. The van der Waals surface area contributed by atoms with Gasteiger partial charge < -0.3 is 20.1 Å². The van der Waals surface area contributed by atoms with Crippen molar-refractivity contribution in [2.24, 2.45) is 7.05 Å². The Morgan fingerprint density at radius 1 is 1.62 bits per heavy atom. The van der Waals surface area contributed by atoms with E-state index in [1.807, 2.05) is 0 Å². The molecule has 3 N–H and O–H groups in total. The molecule has 1 unspecified atom stereocenters. The summed E-state index contributed by atoms with van der Waals surface area (Å²) in [5.41, 5.74) is 0.563. The Morgan fingerprint density at radius 2 is 2.31 bits per heavy atom. The normalized spacial score (nSPS) is 12.1. The molecule has 88 valence electrons. The highest BCUT2D eigenvalue weighted by atomic mass is 16.4. The Morgan fingerprint density at radius 3 is 2.75 bits per heavy atom. The molecular formula is C9H13N3O4. The van der Waals surface area contributed by atoms with Crippen molar-refractivity contribution >= 4 is 11.9 Å². The molecule has 1 amide bonds. The molecule has 0 bridgehead atoms. The number of hydrogen-bond donors (Lipinski definition) is 3. The summed E-state index contributed by atoms with van der Waals surface area (Å²) in [6, 6.07) is -1.07. The van der Waals surface area contributed by atoms with Crippen LogP contribution in [0.3, 0.4) is 0 Å². The Kier molecular flexibility index (Phi) is 4.01. The average Bonchev–Trinajstić information content (AvgIpc) is 2.62. The number of aryl methyl sites for hydroxylation is 1. The lowest BCUT2D eigenvalue weighted by Crippen LogP contribution is -2.43. The van der Waals surface area contributed by atoms with E-state index < -0.39 is 24.5 Å². The fourth-order valence-electron chi connectivity index (χ4n) is 1.22. The molecule has 0 aliphatic heterocycles. The third kappa shape index (κ3) is 3.35. The first-order valence-corrected chi connectivity index (χ1v) is 4.62. The molecule has 1 rings (SSSR count). The molecule has 0 saturated carbocycles. The van der Waals surface area contributed by atoms with Crippen LogP contribution in [0.2, 0.25) is 0 Å². The van der Waals surface area contributed by atoms with Gasteiger partial charge in [-0.3, -0.25) is 4.79 Å². The molecule has 0 saturated heterocycles. The molecule has 7 nitrogen and oxygen atoms in total. The van der Waals surface area contributed by atoms with E-state index >= 15 is 0 Å². The summed E-state index contributed by atoms with van der Waals surface area (Å²) < 4.78 is 1.68. The predicted octanol–water partition coefficient (Wildman–Crippen LogP) is -1.48. The Hall–Kier alpha value is -1.89. The van der Waals surface area contributed by atoms with Gasteiger partial charge in [0.15, 0.2) is 0 Å². The zero-order valence-corrected chi connectivity index (χ0v) is 8.75. The van der Waals surface area contributed by atoms with Crippen molar-refractivity contribution < 1.29 is 19.8 Å². The lowest BCUT2D eigenvalue weighted by molar-refractivity contribution is -0.142. The number of aliphatic hydroxyl groups is 1. The molecule has 0 aliphatic carbocycles. The molecule has 0 radical (unpaired) electrons. The van der Waals surface area contributed by atoms with Crippen molar-refractivity contribution in [2.75, 3.05) is 6.61 Å². The van der Waals surface area contributed by atoms with Gasteiger partial charge in [-0.1, -0.05) is 0 Å². The van der Waals surface area contributed by atoms with E-state index in [1.165, 1.54) is 0 Å². The smallest absolute Gasteiger partial charge is 0.326 e. The number of imidazole rings is 1. The van der Waals surface area contributed by atoms with E-state index in [2.05, 4.69) is 10.3 Å². The fraction of sp³-hybridized carbons (Fsp3) is 0.444. The van der Waals surface area contributed by atoms with Crippen LogP contribution in [0.25, 0.3) is 0 Å². The number of amides is 1. The van der Waals surface area contributed by atoms with Crippen LogP contribution in [-0.4, -0.2) is 44.3 Å². The van der Waals surface area contributed by atoms with Crippen molar-refractivity contribution in [3.8, 4) is 0 Å². The number of carboxylic acid groups (broad SMARTS) is 1. The van der Waals surface area contributed by atoms with Gasteiger partial charge in [-0.2, -0.15) is 0 Å². The monoisotopic (exact) mass is 227 g/mol. The number of carbonyl (C=O) groups excluding carboxylic acids is 1. The molecule has 0 fully saturated rings. The number of aliphatic carboxylic acids is 1. The molecule has 16 heavy (non-hydrogen) atoms. The second-order valence-corrected chi connectivity index (χ2v) is 3.35. The molecule has 7 heteroatoms. The van der Waals surface area contributed by atoms with Gasteiger partial charge in [-0.25, -0.2) is 9.78 Å². The van der Waals surface area contributed by atoms with Gasteiger partial charge in [-0.05, 0) is 0 Å². The summed E-state index contributed by atoms with van der Waals surface area (Å²) in [4.78, 5) is 25.7. The number of carboxylic acids is 1. The van der Waals surface area contributed by atoms with Crippen LogP contribution in [0.5, 0.6) is 0 Å². The number of nitrogens with one attached hydrogen (secondary N) is 1. The number of nitrogens with zero attached hydrogens (tertiary/aromatic N) is 2. The minimum absolute atomic E-state index is 0.0852. The number of aromatic nitrogens is 2. The van der Waals surface area contributed by atoms with E-state index in [-0.39, 0.29) is 6.42 Å². The van der Waals surface area contributed by atoms with Crippen molar-refractivity contribution in [3.63, 3.8) is 0 Å². The molecule has 1 atom stereocenters. The summed E-state index contributed by atoms with van der Waals surface area (Å²) in [7, 11) is 1.76. The van der Waals surface area contributed by atoms with Gasteiger partial charge in [0, 0.05) is 19.7 Å². The van der Waals surface area contributed by atoms with E-state index in [1.54, 1.807) is 24.1 Å². The summed E-state index contributed by atoms with van der Waals surface area (Å²) in [6.07, 6.45) is 3.30. The van der Waals surface area contributed by atoms with E-state index in [9.17, 15) is 9.59 Å². The first-order chi connectivity index (χ1) is 7.52. The summed E-state index contributed by atoms with van der Waals surface area (Å²) >= 11 is 0. The van der Waals surface area contributed by atoms with E-state index in [4.69, 9.17) is 10.2 Å². The quantitative estimate of drug-likeness (QED) is 0.569. The maximum Gasteiger partial charge on any atom is 0.326 e. The first-order valence-electron chi connectivity index (χ1n) is 4.62. The highest BCUT2D eigenvalue weighted by Crippen LogP contribution is 2.00. The van der Waals surface area contributed by atoms with Gasteiger partial charge >= 0.3 is 5.97 Å². The second-order valence-electron chi connectivity index (χ2n) is 3.35. The number of carbonyl (C=O) groups is 2. The third-order valence-corrected chi connectivity index (χ3v) is 1.95. The van der Waals surface area contributed by atoms with Crippen molar-refractivity contribution in [3.05, 3.63) is 18.2 Å². The average molecular weight is 227 g/mol. The van der Waals surface area contributed by atoms with E-state index in [0.717, 1.165) is 0 Å². The van der Waals surface area contributed by atoms with Crippen LogP contribution in [0.1, 0.15) is 5.69 Å². The number of aliphatic hydroxyl groups excluding tert-OH is 1. The first kappa shape index (κ1) is 12.2. The van der Waals surface area contributed by atoms with E-state index in [0.29, 0.717) is 5.69 Å². The molecule has 1 aromatic heterocycles. The standard InChI is InChI=1S/C9H13N3O4/c1-12-3-6(10-5-12)2-7(9(15)16)11-8(14)4-13/h3,5,7,13H,2,4H2,1H3,(H,11,14)(H,15,16). The highest BCUT2D eigenvalue weighted by Gasteiger charge is 2.20. The number of hydrogen-bond acceptors (Lipinski definition) is 4. The SMILES string of the molecule is Cn1cnc(CC(NC(=O)CO)C(=O)O)c1. The molecule has 1 aromatic rings. The lowest BCUT2D eigenvalue weighted by Gasteiger charge is -2.11. The largest absolute Gasteiger partial charge is 0.480 e. The summed E-state index contributed by atoms with van der Waals surface area (Å²) in [5.74, 6) is -1.88. The lowest BCUT2D eigenvalue weighted by atomic mass is 10.1. The van der Waals surface area contributed by atoms with Gasteiger partial charge in [0.25, 0.3) is 0 Å². The fourth-order valence-corrected chi connectivity index (χ4v) is 1.22. The molecule has 1 heterocycles. The Labute approximate surface area is 91.7 Å². The van der Waals surface area contributed by atoms with Crippen molar-refractivity contribution in [1.29, 1.82) is 0 Å². The maximum atomic E-state index is 10.9. The Balaban J connectivity index is 2.65. The second kappa shape index (κ2) is 5.26. The van der Waals surface area contributed by atoms with Crippen LogP contribution >= 0.6 is 0 Å². The van der Waals surface area contributed by atoms with Crippen LogP contribution in [0.4, 0.5) is 0 Å². The number of rotatable bonds is 5. The van der Waals surface area contributed by atoms with Crippen molar-refractivity contribution in [2.45, 2.75) is 12.5 Å².